The first-order chi connectivity index (χ1) is 12.8. The van der Waals surface area contributed by atoms with E-state index in [9.17, 15) is 12.8 Å². The van der Waals surface area contributed by atoms with Crippen molar-refractivity contribution >= 4 is 20.9 Å². The van der Waals surface area contributed by atoms with Crippen LogP contribution in [0.3, 0.4) is 0 Å². The SMILES string of the molecule is COc1cc(C)c(S(=O)(=O)N2CCc3[nH]c4cc(F)ccc4c3C2)cc1C. The molecule has 0 atom stereocenters. The Morgan fingerprint density at radius 1 is 1.15 bits per heavy atom. The summed E-state index contributed by atoms with van der Waals surface area (Å²) in [6.07, 6.45) is 0.568. The van der Waals surface area contributed by atoms with E-state index in [2.05, 4.69) is 4.98 Å². The van der Waals surface area contributed by atoms with Gasteiger partial charge in [-0.15, -0.1) is 0 Å². The van der Waals surface area contributed by atoms with Gasteiger partial charge in [0.25, 0.3) is 0 Å². The maximum absolute atomic E-state index is 13.5. The predicted molar refractivity (Wildman–Crippen MR) is 102 cm³/mol. The fourth-order valence-electron chi connectivity index (χ4n) is 3.77. The smallest absolute Gasteiger partial charge is 0.243 e. The topological polar surface area (TPSA) is 62.4 Å². The molecule has 1 N–H and O–H groups in total. The molecule has 0 saturated carbocycles. The molecule has 0 radical (unpaired) electrons. The molecule has 3 aromatic rings. The number of aryl methyl sites for hydroxylation is 2. The van der Waals surface area contributed by atoms with E-state index in [4.69, 9.17) is 4.74 Å². The molecule has 7 heteroatoms. The molecule has 1 aliphatic heterocycles. The lowest BCUT2D eigenvalue weighted by atomic mass is 10.1. The van der Waals surface area contributed by atoms with Crippen LogP contribution in [-0.4, -0.2) is 31.4 Å². The zero-order chi connectivity index (χ0) is 19.3. The van der Waals surface area contributed by atoms with Gasteiger partial charge < -0.3 is 9.72 Å². The van der Waals surface area contributed by atoms with Gasteiger partial charge in [0.1, 0.15) is 11.6 Å². The molecule has 0 fully saturated rings. The van der Waals surface area contributed by atoms with Crippen LogP contribution >= 0.6 is 0 Å². The van der Waals surface area contributed by atoms with Gasteiger partial charge in [0.15, 0.2) is 0 Å². The van der Waals surface area contributed by atoms with E-state index in [0.717, 1.165) is 22.2 Å². The number of aromatic amines is 1. The van der Waals surface area contributed by atoms with E-state index in [1.54, 1.807) is 32.2 Å². The summed E-state index contributed by atoms with van der Waals surface area (Å²) in [6, 6.07) is 7.99. The standard InChI is InChI=1S/C20H21FN2O3S/c1-12-9-20(13(2)8-19(12)26-3)27(24,25)23-7-6-17-16(11-23)15-5-4-14(21)10-18(15)22-17/h4-5,8-10,22H,6-7,11H2,1-3H3. The molecule has 0 aliphatic carbocycles. The van der Waals surface area contributed by atoms with Gasteiger partial charge >= 0.3 is 0 Å². The van der Waals surface area contributed by atoms with E-state index in [1.807, 2.05) is 6.92 Å². The number of sulfonamides is 1. The van der Waals surface area contributed by atoms with Crippen molar-refractivity contribution in [3.05, 3.63) is 58.5 Å². The van der Waals surface area contributed by atoms with Crippen LogP contribution in [0.1, 0.15) is 22.4 Å². The molecule has 1 aliphatic rings. The monoisotopic (exact) mass is 388 g/mol. The number of nitrogens with zero attached hydrogens (tertiary/aromatic N) is 1. The summed E-state index contributed by atoms with van der Waals surface area (Å²) >= 11 is 0. The van der Waals surface area contributed by atoms with Gasteiger partial charge in [0, 0.05) is 36.1 Å². The number of fused-ring (bicyclic) bond motifs is 3. The van der Waals surface area contributed by atoms with Gasteiger partial charge in [-0.05, 0) is 60.9 Å². The molecule has 0 spiro atoms. The first-order valence-corrected chi connectivity index (χ1v) is 10.2. The van der Waals surface area contributed by atoms with Crippen molar-refractivity contribution in [2.75, 3.05) is 13.7 Å². The van der Waals surface area contributed by atoms with Crippen LogP contribution in [-0.2, 0) is 23.0 Å². The Kier molecular flexibility index (Phi) is 4.24. The Labute approximate surface area is 157 Å². The second kappa shape index (κ2) is 6.35. The van der Waals surface area contributed by atoms with E-state index in [-0.39, 0.29) is 12.4 Å². The Morgan fingerprint density at radius 3 is 2.67 bits per heavy atom. The number of ether oxygens (including phenoxy) is 1. The second-order valence-electron chi connectivity index (χ2n) is 6.95. The van der Waals surface area contributed by atoms with Crippen LogP contribution in [0.2, 0.25) is 0 Å². The van der Waals surface area contributed by atoms with E-state index in [0.29, 0.717) is 34.7 Å². The van der Waals surface area contributed by atoms with Crippen molar-refractivity contribution in [3.63, 3.8) is 0 Å². The molecular formula is C20H21FN2O3S. The number of methoxy groups -OCH3 is 1. The minimum atomic E-state index is -3.65. The van der Waals surface area contributed by atoms with Crippen LogP contribution in [0.5, 0.6) is 5.75 Å². The highest BCUT2D eigenvalue weighted by Gasteiger charge is 2.31. The number of H-pyrrole nitrogens is 1. The molecular weight excluding hydrogens is 367 g/mol. The highest BCUT2D eigenvalue weighted by Crippen LogP contribution is 2.33. The second-order valence-corrected chi connectivity index (χ2v) is 8.85. The zero-order valence-electron chi connectivity index (χ0n) is 15.5. The molecule has 2 heterocycles. The molecule has 27 heavy (non-hydrogen) atoms. The van der Waals surface area contributed by atoms with Gasteiger partial charge in [-0.1, -0.05) is 0 Å². The van der Waals surface area contributed by atoms with Gasteiger partial charge in [0.2, 0.25) is 10.0 Å². The average Bonchev–Trinajstić information content (AvgIpc) is 2.99. The van der Waals surface area contributed by atoms with Crippen LogP contribution in [0.4, 0.5) is 4.39 Å². The number of hydrogen-bond donors (Lipinski definition) is 1. The van der Waals surface area contributed by atoms with Gasteiger partial charge in [0.05, 0.1) is 12.0 Å². The summed E-state index contributed by atoms with van der Waals surface area (Å²) in [5, 5.41) is 0.869. The largest absolute Gasteiger partial charge is 0.496 e. The third kappa shape index (κ3) is 2.91. The summed E-state index contributed by atoms with van der Waals surface area (Å²) in [5.41, 5.74) is 4.04. The fourth-order valence-corrected chi connectivity index (χ4v) is 5.48. The van der Waals surface area contributed by atoms with Gasteiger partial charge in [-0.3, -0.25) is 0 Å². The maximum atomic E-state index is 13.5. The Bertz CT molecular complexity index is 1150. The number of hydrogen-bond acceptors (Lipinski definition) is 3. The van der Waals surface area contributed by atoms with Crippen molar-refractivity contribution < 1.29 is 17.5 Å². The molecule has 0 unspecified atom stereocenters. The minimum Gasteiger partial charge on any atom is -0.496 e. The number of nitrogens with one attached hydrogen (secondary N) is 1. The van der Waals surface area contributed by atoms with Crippen molar-refractivity contribution in [2.45, 2.75) is 31.7 Å². The van der Waals surface area contributed by atoms with E-state index >= 15 is 0 Å². The fraction of sp³-hybridized carbons (Fsp3) is 0.300. The summed E-state index contributed by atoms with van der Waals surface area (Å²) < 4.78 is 46.9. The number of rotatable bonds is 3. The maximum Gasteiger partial charge on any atom is 0.243 e. The lowest BCUT2D eigenvalue weighted by molar-refractivity contribution is 0.390. The highest BCUT2D eigenvalue weighted by molar-refractivity contribution is 7.89. The Balaban J connectivity index is 1.75. The van der Waals surface area contributed by atoms with Gasteiger partial charge in [-0.25, -0.2) is 12.8 Å². The molecule has 0 bridgehead atoms. The third-order valence-electron chi connectivity index (χ3n) is 5.21. The van der Waals surface area contributed by atoms with Crippen LogP contribution < -0.4 is 4.74 Å². The normalized spacial score (nSPS) is 15.1. The quantitative estimate of drug-likeness (QED) is 0.745. The highest BCUT2D eigenvalue weighted by atomic mass is 32.2. The van der Waals surface area contributed by atoms with Crippen molar-refractivity contribution in [2.24, 2.45) is 0 Å². The minimum absolute atomic E-state index is 0.272. The lowest BCUT2D eigenvalue weighted by Crippen LogP contribution is -2.36. The van der Waals surface area contributed by atoms with Crippen LogP contribution in [0.15, 0.2) is 35.2 Å². The van der Waals surface area contributed by atoms with Crippen molar-refractivity contribution in [3.8, 4) is 5.75 Å². The summed E-state index contributed by atoms with van der Waals surface area (Å²) in [5.74, 6) is 0.362. The Hall–Kier alpha value is -2.38. The first-order valence-electron chi connectivity index (χ1n) is 8.75. The number of aromatic nitrogens is 1. The third-order valence-corrected chi connectivity index (χ3v) is 7.20. The summed E-state index contributed by atoms with van der Waals surface area (Å²) in [4.78, 5) is 3.53. The molecule has 0 saturated heterocycles. The van der Waals surface area contributed by atoms with E-state index in [1.165, 1.54) is 16.4 Å². The summed E-state index contributed by atoms with van der Waals surface area (Å²) in [6.45, 7) is 4.27. The number of halogens is 1. The number of benzene rings is 2. The van der Waals surface area contributed by atoms with Crippen molar-refractivity contribution in [1.29, 1.82) is 0 Å². The summed E-state index contributed by atoms with van der Waals surface area (Å²) in [7, 11) is -2.08. The lowest BCUT2D eigenvalue weighted by Gasteiger charge is -2.27. The van der Waals surface area contributed by atoms with Crippen molar-refractivity contribution in [1.82, 2.24) is 9.29 Å². The molecule has 2 aromatic carbocycles. The molecule has 5 nitrogen and oxygen atoms in total. The van der Waals surface area contributed by atoms with Crippen LogP contribution in [0.25, 0.3) is 10.9 Å². The molecule has 0 amide bonds. The van der Waals surface area contributed by atoms with Crippen LogP contribution in [0, 0.1) is 19.7 Å². The zero-order valence-corrected chi connectivity index (χ0v) is 16.3. The molecule has 1 aromatic heterocycles. The molecule has 4 rings (SSSR count). The Morgan fingerprint density at radius 2 is 1.93 bits per heavy atom. The first kappa shape index (κ1) is 18.0. The predicted octanol–water partition coefficient (Wildman–Crippen LogP) is 3.68. The van der Waals surface area contributed by atoms with Gasteiger partial charge in [-0.2, -0.15) is 4.31 Å². The average molecular weight is 388 g/mol. The molecule has 142 valence electrons. The van der Waals surface area contributed by atoms with E-state index < -0.39 is 10.0 Å².